The molecule has 0 bridgehead atoms. The van der Waals surface area contributed by atoms with Crippen molar-refractivity contribution in [2.45, 2.75) is 25.4 Å². The second kappa shape index (κ2) is 6.57. The van der Waals surface area contributed by atoms with Gasteiger partial charge in [0.1, 0.15) is 6.10 Å². The Hall–Kier alpha value is 0.0169. The highest BCUT2D eigenvalue weighted by atomic mass is 28.4. The van der Waals surface area contributed by atoms with E-state index in [1.165, 1.54) is 40.6 Å². The molecule has 0 aromatic rings. The first-order valence-corrected chi connectivity index (χ1v) is 6.80. The fourth-order valence-corrected chi connectivity index (χ4v) is 2.03. The average molecular weight is 236 g/mol. The van der Waals surface area contributed by atoms with Crippen LogP contribution in [0.25, 0.3) is 0 Å². The van der Waals surface area contributed by atoms with E-state index in [4.69, 9.17) is 22.4 Å². The van der Waals surface area contributed by atoms with Crippen molar-refractivity contribution < 1.29 is 22.4 Å². The Labute approximate surface area is 92.1 Å². The smallest absolute Gasteiger partial charge is 0.371 e. The first-order chi connectivity index (χ1) is 7.26. The van der Waals surface area contributed by atoms with E-state index in [-0.39, 0.29) is 6.10 Å². The summed E-state index contributed by atoms with van der Waals surface area (Å²) in [6, 6.07) is 0. The molecule has 0 radical (unpaired) electrons. The molecule has 0 aromatic heterocycles. The third kappa shape index (κ3) is 5.60. The van der Waals surface area contributed by atoms with Gasteiger partial charge in [-0.2, -0.15) is 0 Å². The third-order valence-corrected chi connectivity index (χ3v) is 3.97. The van der Waals surface area contributed by atoms with Crippen LogP contribution in [0.4, 0.5) is 0 Å². The molecule has 1 heterocycles. The molecule has 1 aliphatic carbocycles. The van der Waals surface area contributed by atoms with Crippen LogP contribution >= 0.6 is 0 Å². The SMILES string of the molecule is C1CC1.CO[Si](OC)(OC)OCC1CO1. The minimum Gasteiger partial charge on any atom is -0.371 e. The van der Waals surface area contributed by atoms with Gasteiger partial charge in [-0.05, 0) is 0 Å². The zero-order valence-electron chi connectivity index (χ0n) is 9.65. The highest BCUT2D eigenvalue weighted by Crippen LogP contribution is 2.15. The van der Waals surface area contributed by atoms with Crippen molar-refractivity contribution in [3.63, 3.8) is 0 Å². The lowest BCUT2D eigenvalue weighted by Gasteiger charge is -2.22. The van der Waals surface area contributed by atoms with Crippen LogP contribution in [-0.4, -0.2) is 49.7 Å². The first kappa shape index (κ1) is 13.1. The standard InChI is InChI=1S/C6H14O5Si.C3H6/c1-7-12(8-2,9-3)11-5-6-4-10-6;1-2-3-1/h6H,4-5H2,1-3H3;1-3H2. The summed E-state index contributed by atoms with van der Waals surface area (Å²) in [5.74, 6) is 0. The molecule has 5 nitrogen and oxygen atoms in total. The predicted octanol–water partition coefficient (Wildman–Crippen LogP) is 0.947. The highest BCUT2D eigenvalue weighted by molar-refractivity contribution is 6.53. The Morgan fingerprint density at radius 1 is 1.07 bits per heavy atom. The minimum atomic E-state index is -2.82. The van der Waals surface area contributed by atoms with E-state index in [0.717, 1.165) is 6.61 Å². The second-order valence-corrected chi connectivity index (χ2v) is 5.95. The van der Waals surface area contributed by atoms with E-state index in [2.05, 4.69) is 0 Å². The Balaban J connectivity index is 0.000000319. The Morgan fingerprint density at radius 2 is 1.53 bits per heavy atom. The predicted molar refractivity (Wildman–Crippen MR) is 56.3 cm³/mol. The van der Waals surface area contributed by atoms with Crippen LogP contribution in [0.3, 0.4) is 0 Å². The molecule has 1 saturated carbocycles. The van der Waals surface area contributed by atoms with Gasteiger partial charge >= 0.3 is 9.05 Å². The summed E-state index contributed by atoms with van der Waals surface area (Å²) >= 11 is 0. The summed E-state index contributed by atoms with van der Waals surface area (Å²) in [7, 11) is 1.70. The Morgan fingerprint density at radius 3 is 1.80 bits per heavy atom. The second-order valence-electron chi connectivity index (χ2n) is 3.44. The molecule has 1 atom stereocenters. The molecule has 90 valence electrons. The molecule has 0 N–H and O–H groups in total. The molecule has 1 saturated heterocycles. The van der Waals surface area contributed by atoms with Gasteiger partial charge in [0.15, 0.2) is 0 Å². The van der Waals surface area contributed by atoms with Crippen LogP contribution in [0.15, 0.2) is 0 Å². The average Bonchev–Trinajstić information content (AvgIpc) is 3.11. The van der Waals surface area contributed by atoms with Crippen LogP contribution in [0.5, 0.6) is 0 Å². The molecular weight excluding hydrogens is 216 g/mol. The molecule has 2 rings (SSSR count). The van der Waals surface area contributed by atoms with Crippen molar-refractivity contribution in [1.82, 2.24) is 0 Å². The van der Waals surface area contributed by atoms with Crippen molar-refractivity contribution in [2.24, 2.45) is 0 Å². The van der Waals surface area contributed by atoms with Crippen LogP contribution in [0.1, 0.15) is 19.3 Å². The van der Waals surface area contributed by atoms with Crippen molar-refractivity contribution in [3.8, 4) is 0 Å². The zero-order valence-corrected chi connectivity index (χ0v) is 10.7. The van der Waals surface area contributed by atoms with Gasteiger partial charge in [-0.25, -0.2) is 0 Å². The van der Waals surface area contributed by atoms with Gasteiger partial charge in [0.05, 0.1) is 13.2 Å². The number of hydrogen-bond donors (Lipinski definition) is 0. The van der Waals surface area contributed by atoms with Crippen LogP contribution in [0, 0.1) is 0 Å². The first-order valence-electron chi connectivity index (χ1n) is 5.17. The molecule has 2 fully saturated rings. The Kier molecular flexibility index (Phi) is 5.73. The van der Waals surface area contributed by atoms with Crippen molar-refractivity contribution in [3.05, 3.63) is 0 Å². The highest BCUT2D eigenvalue weighted by Gasteiger charge is 2.44. The number of rotatable bonds is 6. The van der Waals surface area contributed by atoms with E-state index in [0.29, 0.717) is 6.61 Å². The van der Waals surface area contributed by atoms with E-state index in [1.807, 2.05) is 0 Å². The lowest BCUT2D eigenvalue weighted by atomic mass is 10.5. The monoisotopic (exact) mass is 236 g/mol. The molecular formula is C9H20O5Si. The molecule has 0 aromatic carbocycles. The van der Waals surface area contributed by atoms with Gasteiger partial charge in [-0.3, -0.25) is 0 Å². The normalized spacial score (nSPS) is 23.0. The van der Waals surface area contributed by atoms with Crippen molar-refractivity contribution in [2.75, 3.05) is 34.5 Å². The molecule has 1 unspecified atom stereocenters. The van der Waals surface area contributed by atoms with Gasteiger partial charge in [0.25, 0.3) is 0 Å². The maximum Gasteiger partial charge on any atom is 0.678 e. The van der Waals surface area contributed by atoms with Crippen LogP contribution < -0.4 is 0 Å². The van der Waals surface area contributed by atoms with Gasteiger partial charge in [-0.1, -0.05) is 19.3 Å². The van der Waals surface area contributed by atoms with Gasteiger partial charge < -0.3 is 22.4 Å². The van der Waals surface area contributed by atoms with Gasteiger partial charge in [-0.15, -0.1) is 0 Å². The maximum absolute atomic E-state index is 5.35. The van der Waals surface area contributed by atoms with E-state index >= 15 is 0 Å². The molecule has 0 amide bonds. The lowest BCUT2D eigenvalue weighted by Crippen LogP contribution is -2.47. The number of ether oxygens (including phenoxy) is 1. The maximum atomic E-state index is 5.35. The lowest BCUT2D eigenvalue weighted by molar-refractivity contribution is 0.00234. The summed E-state index contributed by atoms with van der Waals surface area (Å²) in [5.41, 5.74) is 0. The van der Waals surface area contributed by atoms with Gasteiger partial charge in [0, 0.05) is 21.3 Å². The molecule has 1 aliphatic heterocycles. The zero-order chi connectivity index (χ0) is 11.1. The Bertz CT molecular complexity index is 157. The fraction of sp³-hybridized carbons (Fsp3) is 1.00. The number of epoxide rings is 1. The van der Waals surface area contributed by atoms with Crippen LogP contribution in [-0.2, 0) is 22.4 Å². The quantitative estimate of drug-likeness (QED) is 0.507. The topological polar surface area (TPSA) is 49.5 Å². The van der Waals surface area contributed by atoms with E-state index < -0.39 is 9.05 Å². The summed E-state index contributed by atoms with van der Waals surface area (Å²) in [6.07, 6.45) is 4.69. The van der Waals surface area contributed by atoms with E-state index in [1.54, 1.807) is 0 Å². The molecule has 6 heteroatoms. The minimum absolute atomic E-state index is 0.192. The van der Waals surface area contributed by atoms with Crippen molar-refractivity contribution in [1.29, 1.82) is 0 Å². The largest absolute Gasteiger partial charge is 0.678 e. The third-order valence-electron chi connectivity index (χ3n) is 1.95. The van der Waals surface area contributed by atoms with E-state index in [9.17, 15) is 0 Å². The van der Waals surface area contributed by atoms with Crippen molar-refractivity contribution >= 4 is 9.05 Å². The molecule has 0 spiro atoms. The molecule has 15 heavy (non-hydrogen) atoms. The van der Waals surface area contributed by atoms with Crippen LogP contribution in [0.2, 0.25) is 0 Å². The summed E-state index contributed by atoms with van der Waals surface area (Å²) in [4.78, 5) is 0. The fourth-order valence-electron chi connectivity index (χ4n) is 0.786. The van der Waals surface area contributed by atoms with Gasteiger partial charge in [0.2, 0.25) is 0 Å². The summed E-state index contributed by atoms with van der Waals surface area (Å²) in [5, 5.41) is 0. The summed E-state index contributed by atoms with van der Waals surface area (Å²) in [6.45, 7) is 1.23. The number of hydrogen-bond acceptors (Lipinski definition) is 5. The summed E-state index contributed by atoms with van der Waals surface area (Å²) < 4.78 is 25.4. The molecule has 2 aliphatic rings.